The summed E-state index contributed by atoms with van der Waals surface area (Å²) in [4.78, 5) is 39.3. The first kappa shape index (κ1) is 17.5. The van der Waals surface area contributed by atoms with Crippen molar-refractivity contribution in [1.82, 2.24) is 0 Å². The van der Waals surface area contributed by atoms with Crippen molar-refractivity contribution in [2.75, 3.05) is 4.90 Å². The minimum absolute atomic E-state index is 0.127. The molecule has 4 rings (SSSR count). The number of ether oxygens (including phenoxy) is 1. The quantitative estimate of drug-likeness (QED) is 0.474. The average molecular weight is 363 g/mol. The lowest BCUT2D eigenvalue weighted by Crippen LogP contribution is -2.31. The van der Waals surface area contributed by atoms with Gasteiger partial charge in [0.25, 0.3) is 0 Å². The Labute approximate surface area is 157 Å². The van der Waals surface area contributed by atoms with Crippen molar-refractivity contribution in [3.63, 3.8) is 0 Å². The Morgan fingerprint density at radius 2 is 1.48 bits per heavy atom. The Bertz CT molecular complexity index is 853. The molecule has 0 N–H and O–H groups in total. The second kappa shape index (κ2) is 7.35. The number of benzene rings is 2. The van der Waals surface area contributed by atoms with Crippen LogP contribution in [0.15, 0.2) is 54.6 Å². The van der Waals surface area contributed by atoms with Crippen LogP contribution >= 0.6 is 0 Å². The van der Waals surface area contributed by atoms with Crippen molar-refractivity contribution in [2.24, 2.45) is 11.8 Å². The van der Waals surface area contributed by atoms with Gasteiger partial charge < -0.3 is 4.74 Å². The van der Waals surface area contributed by atoms with Crippen LogP contribution in [0.1, 0.15) is 31.2 Å². The van der Waals surface area contributed by atoms with Gasteiger partial charge in [0.15, 0.2) is 5.75 Å². The van der Waals surface area contributed by atoms with Crippen LogP contribution < -0.4 is 9.64 Å². The number of imide groups is 1. The van der Waals surface area contributed by atoms with Gasteiger partial charge in [-0.1, -0.05) is 55.3 Å². The van der Waals surface area contributed by atoms with Crippen LogP contribution in [0.3, 0.4) is 0 Å². The van der Waals surface area contributed by atoms with Crippen molar-refractivity contribution < 1.29 is 19.1 Å². The third-order valence-electron chi connectivity index (χ3n) is 5.36. The molecule has 2 aliphatic rings. The molecule has 1 aliphatic heterocycles. The Morgan fingerprint density at radius 3 is 2.15 bits per heavy atom. The van der Waals surface area contributed by atoms with Crippen LogP contribution in [-0.2, 0) is 20.8 Å². The number of fused-ring (bicyclic) bond motifs is 1. The third kappa shape index (κ3) is 3.37. The lowest BCUT2D eigenvalue weighted by Gasteiger charge is -2.19. The summed E-state index contributed by atoms with van der Waals surface area (Å²) in [6.07, 6.45) is 3.58. The fraction of sp³-hybridized carbons (Fsp3) is 0.318. The number of carbonyl (C=O) groups is 3. The van der Waals surface area contributed by atoms with Gasteiger partial charge >= 0.3 is 5.97 Å². The minimum atomic E-state index is -0.426. The van der Waals surface area contributed by atoms with Crippen molar-refractivity contribution in [3.8, 4) is 5.75 Å². The topological polar surface area (TPSA) is 63.7 Å². The van der Waals surface area contributed by atoms with Crippen LogP contribution in [0, 0.1) is 11.8 Å². The van der Waals surface area contributed by atoms with Gasteiger partial charge in [-0.25, -0.2) is 4.90 Å². The van der Waals surface area contributed by atoms with Crippen molar-refractivity contribution >= 4 is 23.5 Å². The standard InChI is InChI=1S/C22H21NO4/c24-20(14-15-8-2-1-3-9-15)27-19-13-7-6-12-18(19)23-21(25)16-10-4-5-11-17(16)22(23)26/h1-3,6-9,12-13,16-17H,4-5,10-11,14H2/t16-,17-/m0/s1. The summed E-state index contributed by atoms with van der Waals surface area (Å²) in [7, 11) is 0. The second-order valence-electron chi connectivity index (χ2n) is 7.11. The predicted octanol–water partition coefficient (Wildman–Crippen LogP) is 3.51. The summed E-state index contributed by atoms with van der Waals surface area (Å²) in [5.74, 6) is -0.991. The molecular formula is C22H21NO4. The number of rotatable bonds is 4. The van der Waals surface area contributed by atoms with Crippen molar-refractivity contribution in [1.29, 1.82) is 0 Å². The monoisotopic (exact) mass is 363 g/mol. The van der Waals surface area contributed by atoms with E-state index >= 15 is 0 Å². The fourth-order valence-electron chi connectivity index (χ4n) is 4.05. The van der Waals surface area contributed by atoms with E-state index in [1.807, 2.05) is 30.3 Å². The van der Waals surface area contributed by atoms with E-state index in [1.54, 1.807) is 24.3 Å². The smallest absolute Gasteiger partial charge is 0.315 e. The molecule has 1 saturated carbocycles. The van der Waals surface area contributed by atoms with Crippen LogP contribution in [0.5, 0.6) is 5.75 Å². The predicted molar refractivity (Wildman–Crippen MR) is 100 cm³/mol. The van der Waals surface area contributed by atoms with Crippen molar-refractivity contribution in [2.45, 2.75) is 32.1 Å². The number of carbonyl (C=O) groups excluding carboxylic acids is 3. The number of anilines is 1. The first-order valence-corrected chi connectivity index (χ1v) is 9.36. The highest BCUT2D eigenvalue weighted by molar-refractivity contribution is 6.22. The van der Waals surface area contributed by atoms with E-state index in [2.05, 4.69) is 0 Å². The zero-order valence-corrected chi connectivity index (χ0v) is 15.0. The largest absolute Gasteiger partial charge is 0.424 e. The molecule has 138 valence electrons. The molecule has 27 heavy (non-hydrogen) atoms. The van der Waals surface area contributed by atoms with Crippen LogP contribution in [0.25, 0.3) is 0 Å². The molecule has 0 spiro atoms. The van der Waals surface area contributed by atoms with Gasteiger partial charge in [-0.3, -0.25) is 14.4 Å². The van der Waals surface area contributed by atoms with Gasteiger partial charge in [0.1, 0.15) is 0 Å². The summed E-state index contributed by atoms with van der Waals surface area (Å²) in [5.41, 5.74) is 1.21. The molecule has 2 fully saturated rings. The average Bonchev–Trinajstić information content (AvgIpc) is 2.94. The molecule has 0 unspecified atom stereocenters. The fourth-order valence-corrected chi connectivity index (χ4v) is 4.05. The number of nitrogens with zero attached hydrogens (tertiary/aromatic N) is 1. The molecule has 1 aliphatic carbocycles. The first-order chi connectivity index (χ1) is 13.1. The normalized spacial score (nSPS) is 21.9. The van der Waals surface area contributed by atoms with Gasteiger partial charge in [-0.05, 0) is 30.5 Å². The van der Waals surface area contributed by atoms with E-state index in [-0.39, 0.29) is 35.8 Å². The lowest BCUT2D eigenvalue weighted by molar-refractivity contribution is -0.133. The number of hydrogen-bond donors (Lipinski definition) is 0. The van der Waals surface area contributed by atoms with E-state index in [0.29, 0.717) is 5.69 Å². The van der Waals surface area contributed by atoms with Gasteiger partial charge in [-0.2, -0.15) is 0 Å². The zero-order chi connectivity index (χ0) is 18.8. The zero-order valence-electron chi connectivity index (χ0n) is 15.0. The van der Waals surface area contributed by atoms with Crippen LogP contribution in [-0.4, -0.2) is 17.8 Å². The van der Waals surface area contributed by atoms with Gasteiger partial charge in [0, 0.05) is 0 Å². The Balaban J connectivity index is 1.57. The highest BCUT2D eigenvalue weighted by atomic mass is 16.5. The maximum atomic E-state index is 12.8. The molecule has 1 heterocycles. The van der Waals surface area contributed by atoms with E-state index in [4.69, 9.17) is 4.74 Å². The highest BCUT2D eigenvalue weighted by Crippen LogP contribution is 2.42. The molecule has 5 heteroatoms. The molecule has 5 nitrogen and oxygen atoms in total. The van der Waals surface area contributed by atoms with E-state index in [9.17, 15) is 14.4 Å². The summed E-state index contributed by atoms with van der Waals surface area (Å²) >= 11 is 0. The van der Waals surface area contributed by atoms with Crippen LogP contribution in [0.2, 0.25) is 0 Å². The molecule has 0 radical (unpaired) electrons. The summed E-state index contributed by atoms with van der Waals surface area (Å²) < 4.78 is 5.53. The molecule has 1 saturated heterocycles. The summed E-state index contributed by atoms with van der Waals surface area (Å²) in [6.45, 7) is 0. The van der Waals surface area contributed by atoms with E-state index < -0.39 is 5.97 Å². The van der Waals surface area contributed by atoms with Gasteiger partial charge in [-0.15, -0.1) is 0 Å². The Kier molecular flexibility index (Phi) is 4.75. The Hall–Kier alpha value is -2.95. The number of para-hydroxylation sites is 2. The maximum absolute atomic E-state index is 12.8. The molecule has 2 aromatic carbocycles. The summed E-state index contributed by atoms with van der Waals surface area (Å²) in [6, 6.07) is 16.1. The third-order valence-corrected chi connectivity index (χ3v) is 5.36. The number of amides is 2. The first-order valence-electron chi connectivity index (χ1n) is 9.36. The number of hydrogen-bond acceptors (Lipinski definition) is 4. The molecule has 2 atom stereocenters. The Morgan fingerprint density at radius 1 is 0.889 bits per heavy atom. The van der Waals surface area contributed by atoms with E-state index in [1.165, 1.54) is 4.90 Å². The molecule has 2 aromatic rings. The SMILES string of the molecule is O=C(Cc1ccccc1)Oc1ccccc1N1C(=O)[C@H]2CCCC[C@@H]2C1=O. The van der Waals surface area contributed by atoms with Gasteiger partial charge in [0.2, 0.25) is 11.8 Å². The lowest BCUT2D eigenvalue weighted by atomic mass is 9.81. The second-order valence-corrected chi connectivity index (χ2v) is 7.11. The minimum Gasteiger partial charge on any atom is -0.424 e. The summed E-state index contributed by atoms with van der Waals surface area (Å²) in [5, 5.41) is 0. The number of esters is 1. The van der Waals surface area contributed by atoms with Crippen molar-refractivity contribution in [3.05, 3.63) is 60.2 Å². The maximum Gasteiger partial charge on any atom is 0.315 e. The molecule has 2 amide bonds. The van der Waals surface area contributed by atoms with E-state index in [0.717, 1.165) is 31.2 Å². The highest BCUT2D eigenvalue weighted by Gasteiger charge is 2.49. The molecule has 0 aromatic heterocycles. The molecule has 0 bridgehead atoms. The molecular weight excluding hydrogens is 342 g/mol. The van der Waals surface area contributed by atoms with Gasteiger partial charge in [0.05, 0.1) is 23.9 Å². The van der Waals surface area contributed by atoms with Crippen LogP contribution in [0.4, 0.5) is 5.69 Å².